The van der Waals surface area contributed by atoms with Crippen LogP contribution in [0.15, 0.2) is 23.4 Å². The zero-order valence-electron chi connectivity index (χ0n) is 14.3. The Morgan fingerprint density at radius 1 is 1.31 bits per heavy atom. The quantitative estimate of drug-likeness (QED) is 0.680. The van der Waals surface area contributed by atoms with Gasteiger partial charge in [0.05, 0.1) is 5.25 Å². The topological polar surface area (TPSA) is 103 Å². The summed E-state index contributed by atoms with van der Waals surface area (Å²) in [4.78, 5) is 23.2. The van der Waals surface area contributed by atoms with E-state index in [1.54, 1.807) is 11.5 Å². The average Bonchev–Trinajstić information content (AvgIpc) is 2.97. The van der Waals surface area contributed by atoms with Gasteiger partial charge in [0, 0.05) is 31.1 Å². The SMILES string of the molecule is CCn1c(CCC(N)=O)nnc1S[C@H](C)C(=O)Nc1ccc(F)c(F)c1. The molecule has 2 rings (SSSR count). The van der Waals surface area contributed by atoms with Crippen LogP contribution in [-0.4, -0.2) is 31.8 Å². The van der Waals surface area contributed by atoms with Crippen LogP contribution in [0.2, 0.25) is 0 Å². The highest BCUT2D eigenvalue weighted by Crippen LogP contribution is 2.24. The van der Waals surface area contributed by atoms with Crippen molar-refractivity contribution in [1.29, 1.82) is 0 Å². The summed E-state index contributed by atoms with van der Waals surface area (Å²) >= 11 is 1.18. The number of benzene rings is 1. The van der Waals surface area contributed by atoms with Crippen LogP contribution in [0.5, 0.6) is 0 Å². The second-order valence-corrected chi connectivity index (χ2v) is 6.80. The number of nitrogens with zero attached hydrogens (tertiary/aromatic N) is 3. The summed E-state index contributed by atoms with van der Waals surface area (Å²) in [7, 11) is 0. The van der Waals surface area contributed by atoms with E-state index in [1.165, 1.54) is 17.8 Å². The minimum Gasteiger partial charge on any atom is -0.370 e. The Balaban J connectivity index is 2.03. The smallest absolute Gasteiger partial charge is 0.237 e. The van der Waals surface area contributed by atoms with Crippen LogP contribution >= 0.6 is 11.8 Å². The molecule has 0 spiro atoms. The lowest BCUT2D eigenvalue weighted by Crippen LogP contribution is -2.23. The highest BCUT2D eigenvalue weighted by atomic mass is 32.2. The van der Waals surface area contributed by atoms with Gasteiger partial charge in [0.25, 0.3) is 0 Å². The summed E-state index contributed by atoms with van der Waals surface area (Å²) in [5.74, 6) is -2.21. The molecule has 0 aliphatic heterocycles. The fraction of sp³-hybridized carbons (Fsp3) is 0.375. The molecule has 1 aromatic carbocycles. The number of carbonyl (C=O) groups excluding carboxylic acids is 2. The molecule has 0 aliphatic rings. The number of nitrogens with one attached hydrogen (secondary N) is 1. The normalized spacial score (nSPS) is 12.0. The number of amides is 2. The zero-order valence-corrected chi connectivity index (χ0v) is 15.1. The van der Waals surface area contributed by atoms with E-state index in [0.29, 0.717) is 23.9 Å². The van der Waals surface area contributed by atoms with E-state index in [4.69, 9.17) is 5.73 Å². The number of aryl methyl sites for hydroxylation is 1. The van der Waals surface area contributed by atoms with Crippen LogP contribution in [0.4, 0.5) is 14.5 Å². The molecule has 26 heavy (non-hydrogen) atoms. The summed E-state index contributed by atoms with van der Waals surface area (Å²) in [5, 5.41) is 10.6. The van der Waals surface area contributed by atoms with Crippen molar-refractivity contribution in [3.63, 3.8) is 0 Å². The Kier molecular flexibility index (Phi) is 6.67. The number of hydrogen-bond acceptors (Lipinski definition) is 5. The number of primary amides is 1. The molecule has 0 saturated heterocycles. The van der Waals surface area contributed by atoms with Crippen molar-refractivity contribution in [2.24, 2.45) is 5.73 Å². The molecule has 0 fully saturated rings. The van der Waals surface area contributed by atoms with Gasteiger partial charge >= 0.3 is 0 Å². The Labute approximate surface area is 153 Å². The van der Waals surface area contributed by atoms with Gasteiger partial charge < -0.3 is 15.6 Å². The molecule has 7 nitrogen and oxygen atoms in total. The lowest BCUT2D eigenvalue weighted by atomic mass is 10.3. The van der Waals surface area contributed by atoms with E-state index in [1.807, 2.05) is 6.92 Å². The van der Waals surface area contributed by atoms with E-state index < -0.39 is 22.8 Å². The first kappa shape index (κ1) is 19.8. The molecule has 10 heteroatoms. The first-order chi connectivity index (χ1) is 12.3. The minimum absolute atomic E-state index is 0.162. The summed E-state index contributed by atoms with van der Waals surface area (Å²) in [6.07, 6.45) is 0.529. The number of nitrogens with two attached hydrogens (primary N) is 1. The van der Waals surface area contributed by atoms with E-state index in [-0.39, 0.29) is 18.0 Å². The first-order valence-electron chi connectivity index (χ1n) is 7.94. The third-order valence-electron chi connectivity index (χ3n) is 3.54. The van der Waals surface area contributed by atoms with Gasteiger partial charge in [0.2, 0.25) is 11.8 Å². The van der Waals surface area contributed by atoms with Crippen LogP contribution < -0.4 is 11.1 Å². The minimum atomic E-state index is -1.03. The van der Waals surface area contributed by atoms with Crippen molar-refractivity contribution in [1.82, 2.24) is 14.8 Å². The van der Waals surface area contributed by atoms with Crippen molar-refractivity contribution in [3.05, 3.63) is 35.7 Å². The van der Waals surface area contributed by atoms with Gasteiger partial charge in [-0.15, -0.1) is 10.2 Å². The molecule has 2 aromatic rings. The van der Waals surface area contributed by atoms with Gasteiger partial charge in [0.1, 0.15) is 5.82 Å². The Morgan fingerprint density at radius 3 is 2.65 bits per heavy atom. The molecule has 2 amide bonds. The molecule has 0 bridgehead atoms. The standard InChI is InChI=1S/C16H19F2N5O2S/c1-3-23-14(7-6-13(19)24)21-22-16(23)26-9(2)15(25)20-10-4-5-11(17)12(18)8-10/h4-5,8-9H,3,6-7H2,1-2H3,(H2,19,24)(H,20,25)/t9-/m1/s1. The Morgan fingerprint density at radius 2 is 2.04 bits per heavy atom. The van der Waals surface area contributed by atoms with Crippen molar-refractivity contribution in [2.75, 3.05) is 5.32 Å². The van der Waals surface area contributed by atoms with Gasteiger partial charge in [-0.1, -0.05) is 11.8 Å². The van der Waals surface area contributed by atoms with Gasteiger partial charge in [-0.3, -0.25) is 9.59 Å². The monoisotopic (exact) mass is 383 g/mol. The predicted molar refractivity (Wildman–Crippen MR) is 93.5 cm³/mol. The molecule has 0 radical (unpaired) electrons. The van der Waals surface area contributed by atoms with Crippen LogP contribution in [-0.2, 0) is 22.6 Å². The molecule has 140 valence electrons. The third-order valence-corrected chi connectivity index (χ3v) is 4.62. The highest BCUT2D eigenvalue weighted by molar-refractivity contribution is 8.00. The van der Waals surface area contributed by atoms with E-state index in [2.05, 4.69) is 15.5 Å². The fourth-order valence-electron chi connectivity index (χ4n) is 2.17. The highest BCUT2D eigenvalue weighted by Gasteiger charge is 2.20. The number of hydrogen-bond donors (Lipinski definition) is 2. The molecular formula is C16H19F2N5O2S. The number of thioether (sulfide) groups is 1. The maximum Gasteiger partial charge on any atom is 0.237 e. The van der Waals surface area contributed by atoms with E-state index in [0.717, 1.165) is 12.1 Å². The molecule has 1 aromatic heterocycles. The number of rotatable bonds is 8. The average molecular weight is 383 g/mol. The second kappa shape index (κ2) is 8.75. The fourth-order valence-corrected chi connectivity index (χ4v) is 3.11. The van der Waals surface area contributed by atoms with Crippen molar-refractivity contribution in [3.8, 4) is 0 Å². The molecule has 0 unspecified atom stereocenters. The Hall–Kier alpha value is -2.49. The van der Waals surface area contributed by atoms with Crippen molar-refractivity contribution < 1.29 is 18.4 Å². The number of carbonyl (C=O) groups is 2. The summed E-state index contributed by atoms with van der Waals surface area (Å²) in [6, 6.07) is 3.15. The lowest BCUT2D eigenvalue weighted by molar-refractivity contribution is -0.118. The Bertz CT molecular complexity index is 812. The van der Waals surface area contributed by atoms with Crippen molar-refractivity contribution >= 4 is 29.3 Å². The molecule has 1 atom stereocenters. The number of aromatic nitrogens is 3. The van der Waals surface area contributed by atoms with Crippen LogP contribution in [0, 0.1) is 11.6 Å². The largest absolute Gasteiger partial charge is 0.370 e. The summed E-state index contributed by atoms with van der Waals surface area (Å²) < 4.78 is 28.0. The van der Waals surface area contributed by atoms with Gasteiger partial charge in [-0.25, -0.2) is 8.78 Å². The van der Waals surface area contributed by atoms with Gasteiger partial charge in [0.15, 0.2) is 16.8 Å². The summed E-state index contributed by atoms with van der Waals surface area (Å²) in [6.45, 7) is 4.13. The van der Waals surface area contributed by atoms with Crippen LogP contribution in [0.25, 0.3) is 0 Å². The van der Waals surface area contributed by atoms with Crippen LogP contribution in [0.1, 0.15) is 26.1 Å². The van der Waals surface area contributed by atoms with Gasteiger partial charge in [-0.05, 0) is 26.0 Å². The second-order valence-electron chi connectivity index (χ2n) is 5.49. The predicted octanol–water partition coefficient (Wildman–Crippen LogP) is 2.11. The lowest BCUT2D eigenvalue weighted by Gasteiger charge is -2.13. The maximum atomic E-state index is 13.2. The van der Waals surface area contributed by atoms with E-state index in [9.17, 15) is 18.4 Å². The van der Waals surface area contributed by atoms with Crippen LogP contribution in [0.3, 0.4) is 0 Å². The summed E-state index contributed by atoms with van der Waals surface area (Å²) in [5.41, 5.74) is 5.31. The molecule has 0 saturated carbocycles. The zero-order chi connectivity index (χ0) is 19.3. The first-order valence-corrected chi connectivity index (χ1v) is 8.82. The molecule has 0 aliphatic carbocycles. The number of halogens is 2. The number of anilines is 1. The third kappa shape index (κ3) is 5.01. The molecule has 1 heterocycles. The van der Waals surface area contributed by atoms with Crippen molar-refractivity contribution in [2.45, 2.75) is 43.6 Å². The molecular weight excluding hydrogens is 364 g/mol. The van der Waals surface area contributed by atoms with Gasteiger partial charge in [-0.2, -0.15) is 0 Å². The van der Waals surface area contributed by atoms with E-state index >= 15 is 0 Å². The molecule has 3 N–H and O–H groups in total. The maximum absolute atomic E-state index is 13.2.